The molecule has 0 radical (unpaired) electrons. The van der Waals surface area contributed by atoms with Crippen LogP contribution < -0.4 is 10.1 Å². The van der Waals surface area contributed by atoms with Crippen LogP contribution in [0.25, 0.3) is 0 Å². The van der Waals surface area contributed by atoms with Gasteiger partial charge in [-0.05, 0) is 12.1 Å². The Bertz CT molecular complexity index is 334. The molecule has 5 heteroatoms. The number of hydrogen-bond donors (Lipinski definition) is 1. The molecule has 0 bridgehead atoms. The van der Waals surface area contributed by atoms with Gasteiger partial charge in [0.15, 0.2) is 0 Å². The molecule has 1 aromatic carbocycles. The van der Waals surface area contributed by atoms with E-state index in [-0.39, 0.29) is 0 Å². The summed E-state index contributed by atoms with van der Waals surface area (Å²) in [5.41, 5.74) is 0. The monoisotopic (exact) mass is 278 g/mol. The van der Waals surface area contributed by atoms with E-state index in [9.17, 15) is 0 Å². The zero-order chi connectivity index (χ0) is 12.5. The average Bonchev–Trinajstić information content (AvgIpc) is 2.32. The first-order chi connectivity index (χ1) is 8.24. The summed E-state index contributed by atoms with van der Waals surface area (Å²) in [6, 6.07) is 5.29. The van der Waals surface area contributed by atoms with E-state index in [0.717, 1.165) is 31.9 Å². The number of quaternary nitrogens is 1. The first kappa shape index (κ1) is 14.6. The predicted octanol–water partition coefficient (Wildman–Crippen LogP) is 1.97. The fraction of sp³-hybridized carbons (Fsp3) is 0.500. The van der Waals surface area contributed by atoms with Crippen molar-refractivity contribution in [2.24, 2.45) is 0 Å². The highest BCUT2D eigenvalue weighted by Gasteiger charge is 2.00. The van der Waals surface area contributed by atoms with Gasteiger partial charge in [0.1, 0.15) is 18.9 Å². The van der Waals surface area contributed by atoms with E-state index >= 15 is 0 Å². The molecule has 0 aliphatic rings. The molecule has 1 aromatic rings. The van der Waals surface area contributed by atoms with Gasteiger partial charge in [-0.3, -0.25) is 0 Å². The lowest BCUT2D eigenvalue weighted by Gasteiger charge is -2.06. The largest absolute Gasteiger partial charge is 0.488 e. The van der Waals surface area contributed by atoms with Crippen LogP contribution in [-0.2, 0) is 4.74 Å². The zero-order valence-electron chi connectivity index (χ0n) is 9.92. The Morgan fingerprint density at radius 3 is 2.65 bits per heavy atom. The summed E-state index contributed by atoms with van der Waals surface area (Å²) in [6.07, 6.45) is 1.06. The summed E-state index contributed by atoms with van der Waals surface area (Å²) < 4.78 is 10.5. The van der Waals surface area contributed by atoms with Gasteiger partial charge in [-0.15, -0.1) is 0 Å². The van der Waals surface area contributed by atoms with Gasteiger partial charge in [0.05, 0.1) is 23.2 Å². The summed E-state index contributed by atoms with van der Waals surface area (Å²) in [6.45, 7) is 3.44. The lowest BCUT2D eigenvalue weighted by atomic mass is 10.3. The maximum Gasteiger partial charge on any atom is 0.137 e. The Morgan fingerprint density at radius 2 is 1.94 bits per heavy atom. The third kappa shape index (κ3) is 6.13. The molecule has 0 atom stereocenters. The minimum atomic E-state index is 0.522. The van der Waals surface area contributed by atoms with E-state index in [1.807, 2.05) is 6.07 Å². The van der Waals surface area contributed by atoms with Crippen molar-refractivity contribution in [2.75, 3.05) is 33.4 Å². The van der Waals surface area contributed by atoms with E-state index in [4.69, 9.17) is 32.7 Å². The van der Waals surface area contributed by atoms with Crippen LogP contribution in [0.15, 0.2) is 18.2 Å². The lowest BCUT2D eigenvalue weighted by molar-refractivity contribution is -0.655. The lowest BCUT2D eigenvalue weighted by Crippen LogP contribution is -2.85. The van der Waals surface area contributed by atoms with Crippen molar-refractivity contribution < 1.29 is 14.8 Å². The molecule has 96 valence electrons. The molecule has 0 unspecified atom stereocenters. The number of ether oxygens (including phenoxy) is 2. The van der Waals surface area contributed by atoms with Gasteiger partial charge < -0.3 is 14.8 Å². The van der Waals surface area contributed by atoms with Crippen molar-refractivity contribution in [1.82, 2.24) is 0 Å². The molecule has 0 saturated carbocycles. The molecule has 0 spiro atoms. The predicted molar refractivity (Wildman–Crippen MR) is 70.1 cm³/mol. The van der Waals surface area contributed by atoms with Crippen LogP contribution in [-0.4, -0.2) is 33.4 Å². The van der Waals surface area contributed by atoms with Gasteiger partial charge in [0, 0.05) is 19.6 Å². The molecule has 0 saturated heterocycles. The Labute approximate surface area is 112 Å². The molecule has 3 nitrogen and oxygen atoms in total. The van der Waals surface area contributed by atoms with Gasteiger partial charge >= 0.3 is 0 Å². The van der Waals surface area contributed by atoms with Gasteiger partial charge in [-0.1, -0.05) is 23.2 Å². The summed E-state index contributed by atoms with van der Waals surface area (Å²) in [4.78, 5) is 0. The molecule has 0 fully saturated rings. The Morgan fingerprint density at radius 1 is 1.12 bits per heavy atom. The average molecular weight is 279 g/mol. The maximum atomic E-state index is 5.88. The third-order valence-electron chi connectivity index (χ3n) is 2.24. The van der Waals surface area contributed by atoms with Gasteiger partial charge in [-0.25, -0.2) is 0 Å². The minimum Gasteiger partial charge on any atom is -0.488 e. The van der Waals surface area contributed by atoms with Gasteiger partial charge in [0.2, 0.25) is 0 Å². The SMILES string of the molecule is COCCC[NH2+]CCOc1ccc(Cl)c(Cl)c1. The number of halogens is 2. The zero-order valence-corrected chi connectivity index (χ0v) is 11.4. The molecule has 2 N–H and O–H groups in total. The molecule has 0 heterocycles. The standard InChI is InChI=1S/C12H17Cl2NO2/c1-16-7-2-5-15-6-8-17-10-3-4-11(13)12(14)9-10/h3-4,9,15H,2,5-8H2,1H3/p+1. The number of methoxy groups -OCH3 is 1. The molecule has 1 rings (SSSR count). The van der Waals surface area contributed by atoms with Crippen molar-refractivity contribution in [2.45, 2.75) is 6.42 Å². The Hall–Kier alpha value is -0.480. The Balaban J connectivity index is 2.11. The second-order valence-electron chi connectivity index (χ2n) is 3.64. The van der Waals surface area contributed by atoms with Crippen LogP contribution in [0.5, 0.6) is 5.75 Å². The fourth-order valence-electron chi connectivity index (χ4n) is 1.34. The van der Waals surface area contributed by atoms with Crippen LogP contribution in [0, 0.1) is 0 Å². The van der Waals surface area contributed by atoms with Crippen LogP contribution in [0.4, 0.5) is 0 Å². The number of benzene rings is 1. The summed E-state index contributed by atoms with van der Waals surface area (Å²) in [5, 5.41) is 3.27. The molecule has 17 heavy (non-hydrogen) atoms. The minimum absolute atomic E-state index is 0.522. The number of hydrogen-bond acceptors (Lipinski definition) is 2. The van der Waals surface area contributed by atoms with Crippen LogP contribution in [0.1, 0.15) is 6.42 Å². The second kappa shape index (κ2) is 8.59. The number of nitrogens with two attached hydrogens (primary N) is 1. The van der Waals surface area contributed by atoms with E-state index in [0.29, 0.717) is 16.7 Å². The summed E-state index contributed by atoms with van der Waals surface area (Å²) in [7, 11) is 1.72. The van der Waals surface area contributed by atoms with Crippen LogP contribution in [0.3, 0.4) is 0 Å². The quantitative estimate of drug-likeness (QED) is 0.738. The van der Waals surface area contributed by atoms with Crippen LogP contribution >= 0.6 is 23.2 Å². The van der Waals surface area contributed by atoms with Crippen molar-refractivity contribution in [3.63, 3.8) is 0 Å². The molecule has 0 aliphatic heterocycles. The van der Waals surface area contributed by atoms with E-state index in [2.05, 4.69) is 5.32 Å². The highest BCUT2D eigenvalue weighted by molar-refractivity contribution is 6.42. The summed E-state index contributed by atoms with van der Waals surface area (Å²) in [5.74, 6) is 0.754. The smallest absolute Gasteiger partial charge is 0.137 e. The highest BCUT2D eigenvalue weighted by Crippen LogP contribution is 2.26. The van der Waals surface area contributed by atoms with Crippen LogP contribution in [0.2, 0.25) is 10.0 Å². The summed E-state index contributed by atoms with van der Waals surface area (Å²) >= 11 is 11.7. The Kier molecular flexibility index (Phi) is 7.37. The maximum absolute atomic E-state index is 5.88. The first-order valence-corrected chi connectivity index (χ1v) is 6.38. The van der Waals surface area contributed by atoms with Gasteiger partial charge in [0.25, 0.3) is 0 Å². The van der Waals surface area contributed by atoms with Crippen molar-refractivity contribution in [1.29, 1.82) is 0 Å². The molecule has 0 amide bonds. The topological polar surface area (TPSA) is 35.1 Å². The van der Waals surface area contributed by atoms with E-state index in [1.54, 1.807) is 19.2 Å². The van der Waals surface area contributed by atoms with Gasteiger partial charge in [-0.2, -0.15) is 0 Å². The highest BCUT2D eigenvalue weighted by atomic mass is 35.5. The van der Waals surface area contributed by atoms with E-state index < -0.39 is 0 Å². The second-order valence-corrected chi connectivity index (χ2v) is 4.45. The first-order valence-electron chi connectivity index (χ1n) is 5.62. The molecule has 0 aliphatic carbocycles. The third-order valence-corrected chi connectivity index (χ3v) is 2.98. The van der Waals surface area contributed by atoms with E-state index in [1.165, 1.54) is 0 Å². The van der Waals surface area contributed by atoms with Crippen molar-refractivity contribution >= 4 is 23.2 Å². The molecular formula is C12H18Cl2NO2+. The molecular weight excluding hydrogens is 261 g/mol. The number of rotatable bonds is 8. The van der Waals surface area contributed by atoms with Crippen molar-refractivity contribution in [3.05, 3.63) is 28.2 Å². The fourth-order valence-corrected chi connectivity index (χ4v) is 1.63. The molecule has 0 aromatic heterocycles. The normalized spacial score (nSPS) is 10.5. The van der Waals surface area contributed by atoms with Crippen molar-refractivity contribution in [3.8, 4) is 5.75 Å².